The summed E-state index contributed by atoms with van der Waals surface area (Å²) in [5, 5.41) is 0.681. The largest absolute Gasteiger partial charge is 0.377 e. The highest BCUT2D eigenvalue weighted by molar-refractivity contribution is 7.98. The molecule has 1 fully saturated rings. The van der Waals surface area contributed by atoms with Crippen LogP contribution in [-0.4, -0.2) is 55.7 Å². The number of nitrogen functional groups attached to an aromatic ring is 1. The van der Waals surface area contributed by atoms with E-state index in [4.69, 9.17) is 15.3 Å². The molecule has 0 bridgehead atoms. The Bertz CT molecular complexity index is 399. The summed E-state index contributed by atoms with van der Waals surface area (Å²) >= 11 is 1.48. The molecule has 0 aromatic carbocycles. The molecular weight excluding hydrogens is 266 g/mol. The van der Waals surface area contributed by atoms with Gasteiger partial charge in [0, 0.05) is 33.4 Å². The molecule has 1 aromatic rings. The molecule has 0 spiro atoms. The third-order valence-corrected chi connectivity index (χ3v) is 3.72. The normalized spacial score (nSPS) is 22.8. The third-order valence-electron chi connectivity index (χ3n) is 3.17. The zero-order valence-corrected chi connectivity index (χ0v) is 12.1. The number of hydrogen-bond acceptors (Lipinski definition) is 8. The minimum Gasteiger partial charge on any atom is -0.377 e. The van der Waals surface area contributed by atoms with E-state index in [1.54, 1.807) is 14.2 Å². The van der Waals surface area contributed by atoms with Crippen molar-refractivity contribution in [1.82, 2.24) is 9.97 Å². The minimum absolute atomic E-state index is 0.0481. The summed E-state index contributed by atoms with van der Waals surface area (Å²) in [6, 6.07) is 1.82. The number of hydrogen-bond donors (Lipinski definition) is 2. The number of methoxy groups -OCH3 is 2. The first-order valence-electron chi connectivity index (χ1n) is 5.92. The van der Waals surface area contributed by atoms with Crippen LogP contribution >= 0.6 is 11.8 Å². The molecule has 2 rings (SSSR count). The number of aromatic nitrogens is 2. The summed E-state index contributed by atoms with van der Waals surface area (Å²) in [7, 11) is 3.39. The first kappa shape index (κ1) is 14.3. The van der Waals surface area contributed by atoms with Crippen LogP contribution in [0.25, 0.3) is 0 Å². The minimum atomic E-state index is 0.0481. The van der Waals surface area contributed by atoms with Crippen molar-refractivity contribution in [3.8, 4) is 0 Å². The van der Waals surface area contributed by atoms with Gasteiger partial charge in [0.25, 0.3) is 0 Å². The van der Waals surface area contributed by atoms with Crippen molar-refractivity contribution in [3.05, 3.63) is 6.07 Å². The van der Waals surface area contributed by atoms with E-state index >= 15 is 0 Å². The van der Waals surface area contributed by atoms with Crippen molar-refractivity contribution in [2.75, 3.05) is 43.9 Å². The summed E-state index contributed by atoms with van der Waals surface area (Å²) in [6.45, 7) is 1.48. The maximum atomic E-state index is 5.43. The molecule has 19 heavy (non-hydrogen) atoms. The van der Waals surface area contributed by atoms with Crippen molar-refractivity contribution >= 4 is 23.4 Å². The fraction of sp³-hybridized carbons (Fsp3) is 0.636. The van der Waals surface area contributed by atoms with Crippen LogP contribution in [0.1, 0.15) is 0 Å². The van der Waals surface area contributed by atoms with Crippen LogP contribution in [0.3, 0.4) is 0 Å². The number of ether oxygens (including phenoxy) is 2. The van der Waals surface area contributed by atoms with Crippen LogP contribution < -0.4 is 16.2 Å². The zero-order valence-electron chi connectivity index (χ0n) is 11.3. The molecule has 0 aliphatic carbocycles. The van der Waals surface area contributed by atoms with Gasteiger partial charge in [-0.1, -0.05) is 11.8 Å². The Morgan fingerprint density at radius 3 is 2.42 bits per heavy atom. The van der Waals surface area contributed by atoms with Gasteiger partial charge >= 0.3 is 0 Å². The highest BCUT2D eigenvalue weighted by Crippen LogP contribution is 2.25. The molecule has 2 unspecified atom stereocenters. The van der Waals surface area contributed by atoms with Crippen molar-refractivity contribution in [2.45, 2.75) is 17.4 Å². The number of anilines is 2. The van der Waals surface area contributed by atoms with Crippen LogP contribution in [0.4, 0.5) is 11.6 Å². The summed E-state index contributed by atoms with van der Waals surface area (Å²) in [6.07, 6.45) is 2.03. The van der Waals surface area contributed by atoms with Crippen LogP contribution in [0.5, 0.6) is 0 Å². The monoisotopic (exact) mass is 285 g/mol. The first-order valence-corrected chi connectivity index (χ1v) is 7.14. The van der Waals surface area contributed by atoms with E-state index in [9.17, 15) is 0 Å². The summed E-state index contributed by atoms with van der Waals surface area (Å²) in [5.41, 5.74) is 2.56. The Morgan fingerprint density at radius 1 is 1.32 bits per heavy atom. The molecular formula is C11H19N5O2S. The standard InChI is InChI=1S/C11H19N5O2S/c1-17-7-5-16(6-8(7)18-2)10-4-9(15-12)13-11(14-10)19-3/h4,7-8H,5-6,12H2,1-3H3,(H,13,14,15). The molecule has 1 aliphatic heterocycles. The van der Waals surface area contributed by atoms with Gasteiger partial charge < -0.3 is 19.8 Å². The van der Waals surface area contributed by atoms with Crippen molar-refractivity contribution in [2.24, 2.45) is 5.84 Å². The SMILES string of the molecule is COC1CN(c2cc(NN)nc(SC)n2)CC1OC. The smallest absolute Gasteiger partial charge is 0.191 e. The van der Waals surface area contributed by atoms with Gasteiger partial charge in [0.15, 0.2) is 5.16 Å². The van der Waals surface area contributed by atoms with E-state index in [-0.39, 0.29) is 12.2 Å². The molecule has 0 amide bonds. The Balaban J connectivity index is 2.22. The van der Waals surface area contributed by atoms with Crippen molar-refractivity contribution in [3.63, 3.8) is 0 Å². The van der Waals surface area contributed by atoms with Crippen LogP contribution in [0, 0.1) is 0 Å². The Labute approximate surface area is 116 Å². The van der Waals surface area contributed by atoms with Gasteiger partial charge in [-0.15, -0.1) is 0 Å². The van der Waals surface area contributed by atoms with Gasteiger partial charge in [0.2, 0.25) is 0 Å². The van der Waals surface area contributed by atoms with E-state index in [1.807, 2.05) is 12.3 Å². The molecule has 106 valence electrons. The third kappa shape index (κ3) is 3.08. The number of nitrogens with zero attached hydrogens (tertiary/aromatic N) is 3. The van der Waals surface area contributed by atoms with Gasteiger partial charge in [0.05, 0.1) is 0 Å². The maximum Gasteiger partial charge on any atom is 0.191 e. The summed E-state index contributed by atoms with van der Waals surface area (Å²) in [4.78, 5) is 10.9. The molecule has 7 nitrogen and oxygen atoms in total. The lowest BCUT2D eigenvalue weighted by molar-refractivity contribution is -0.00461. The van der Waals surface area contributed by atoms with E-state index in [0.717, 1.165) is 18.9 Å². The van der Waals surface area contributed by atoms with Gasteiger partial charge in [-0.05, 0) is 6.26 Å². The highest BCUT2D eigenvalue weighted by Gasteiger charge is 2.33. The quantitative estimate of drug-likeness (QED) is 0.346. The van der Waals surface area contributed by atoms with E-state index in [1.165, 1.54) is 11.8 Å². The maximum absolute atomic E-state index is 5.43. The van der Waals surface area contributed by atoms with Crippen LogP contribution in [0.15, 0.2) is 11.2 Å². The molecule has 0 saturated carbocycles. The summed E-state index contributed by atoms with van der Waals surface area (Å²) < 4.78 is 10.8. The van der Waals surface area contributed by atoms with E-state index < -0.39 is 0 Å². The molecule has 0 radical (unpaired) electrons. The Kier molecular flexibility index (Phi) is 4.81. The lowest BCUT2D eigenvalue weighted by Crippen LogP contribution is -2.27. The number of nitrogens with one attached hydrogen (secondary N) is 1. The number of nitrogens with two attached hydrogens (primary N) is 1. The van der Waals surface area contributed by atoms with Gasteiger partial charge in [0.1, 0.15) is 23.8 Å². The molecule has 1 saturated heterocycles. The molecule has 2 heterocycles. The lowest BCUT2D eigenvalue weighted by Gasteiger charge is -2.18. The number of hydrazine groups is 1. The van der Waals surface area contributed by atoms with Crippen molar-refractivity contribution in [1.29, 1.82) is 0 Å². The van der Waals surface area contributed by atoms with Crippen LogP contribution in [-0.2, 0) is 9.47 Å². The fourth-order valence-corrected chi connectivity index (χ4v) is 2.50. The Hall–Kier alpha value is -1.09. The predicted molar refractivity (Wildman–Crippen MR) is 75.4 cm³/mol. The van der Waals surface area contributed by atoms with E-state index in [0.29, 0.717) is 11.0 Å². The lowest BCUT2D eigenvalue weighted by atomic mass is 10.3. The average molecular weight is 285 g/mol. The number of thioether (sulfide) groups is 1. The average Bonchev–Trinajstić information content (AvgIpc) is 2.89. The molecule has 2 atom stereocenters. The van der Waals surface area contributed by atoms with Gasteiger partial charge in [-0.3, -0.25) is 0 Å². The molecule has 1 aliphatic rings. The number of rotatable bonds is 5. The second-order valence-electron chi connectivity index (χ2n) is 4.20. The second kappa shape index (κ2) is 6.38. The molecule has 3 N–H and O–H groups in total. The zero-order chi connectivity index (χ0) is 13.8. The topological polar surface area (TPSA) is 85.5 Å². The first-order chi connectivity index (χ1) is 9.21. The van der Waals surface area contributed by atoms with Gasteiger partial charge in [-0.25, -0.2) is 15.8 Å². The highest BCUT2D eigenvalue weighted by atomic mass is 32.2. The van der Waals surface area contributed by atoms with Gasteiger partial charge in [-0.2, -0.15) is 0 Å². The second-order valence-corrected chi connectivity index (χ2v) is 4.97. The summed E-state index contributed by atoms with van der Waals surface area (Å²) in [5.74, 6) is 6.86. The van der Waals surface area contributed by atoms with E-state index in [2.05, 4.69) is 20.3 Å². The molecule has 8 heteroatoms. The van der Waals surface area contributed by atoms with Crippen molar-refractivity contribution < 1.29 is 9.47 Å². The predicted octanol–water partition coefficient (Wildman–Crippen LogP) is 0.334. The molecule has 1 aromatic heterocycles. The Morgan fingerprint density at radius 2 is 1.95 bits per heavy atom. The fourth-order valence-electron chi connectivity index (χ4n) is 2.12. The van der Waals surface area contributed by atoms with Crippen LogP contribution in [0.2, 0.25) is 0 Å².